The summed E-state index contributed by atoms with van der Waals surface area (Å²) in [6.45, 7) is 0. The fraction of sp³-hybridized carbons (Fsp3) is 0. The van der Waals surface area contributed by atoms with E-state index in [9.17, 15) is 0 Å². The molecule has 1 heterocycles. The van der Waals surface area contributed by atoms with Crippen LogP contribution in [0.1, 0.15) is 0 Å². The highest BCUT2D eigenvalue weighted by atomic mass is 79.9. The van der Waals surface area contributed by atoms with E-state index in [0.717, 1.165) is 38.6 Å². The zero-order valence-corrected chi connectivity index (χ0v) is 17.6. The van der Waals surface area contributed by atoms with Crippen LogP contribution in [0.3, 0.4) is 0 Å². The van der Waals surface area contributed by atoms with Crippen LogP contribution in [0, 0.1) is 0 Å². The van der Waals surface area contributed by atoms with Crippen LogP contribution in [0.25, 0.3) is 0 Å². The van der Waals surface area contributed by atoms with Crippen molar-refractivity contribution in [3.8, 4) is 0 Å². The van der Waals surface area contributed by atoms with Gasteiger partial charge < -0.3 is 27.4 Å². The van der Waals surface area contributed by atoms with Gasteiger partial charge >= 0.3 is 0 Å². The number of pyridine rings is 1. The quantitative estimate of drug-likeness (QED) is 0.218. The Hall–Kier alpha value is -3.71. The number of nitrogens with one attached hydrogen (secondary N) is 3. The Kier molecular flexibility index (Phi) is 5.72. The van der Waals surface area contributed by atoms with E-state index in [1.54, 1.807) is 18.5 Å². The molecule has 0 radical (unpaired) electrons. The summed E-state index contributed by atoms with van der Waals surface area (Å²) in [5.74, 6) is 0. The number of para-hydroxylation sites is 2. The van der Waals surface area contributed by atoms with Gasteiger partial charge in [0.15, 0.2) is 0 Å². The zero-order chi connectivity index (χ0) is 20.9. The van der Waals surface area contributed by atoms with Crippen LogP contribution in [0.2, 0.25) is 0 Å². The molecule has 0 unspecified atom stereocenters. The van der Waals surface area contributed by atoms with E-state index in [-0.39, 0.29) is 0 Å². The number of anilines is 8. The molecule has 0 atom stereocenters. The largest absolute Gasteiger partial charge is 0.397 e. The van der Waals surface area contributed by atoms with Gasteiger partial charge in [0, 0.05) is 16.4 Å². The minimum atomic E-state index is 0.558. The van der Waals surface area contributed by atoms with Crippen molar-refractivity contribution < 1.29 is 0 Å². The minimum absolute atomic E-state index is 0.558. The third-order valence-corrected chi connectivity index (χ3v) is 5.01. The number of aromatic nitrogens is 1. The molecule has 7 heteroatoms. The molecule has 0 saturated carbocycles. The minimum Gasteiger partial charge on any atom is -0.397 e. The maximum Gasteiger partial charge on any atom is 0.0640 e. The molecule has 0 bridgehead atoms. The third kappa shape index (κ3) is 4.64. The predicted molar refractivity (Wildman–Crippen MR) is 130 cm³/mol. The molecule has 30 heavy (non-hydrogen) atoms. The van der Waals surface area contributed by atoms with Crippen molar-refractivity contribution in [2.24, 2.45) is 0 Å². The van der Waals surface area contributed by atoms with E-state index in [4.69, 9.17) is 11.5 Å². The first-order valence-corrected chi connectivity index (χ1v) is 10.1. The zero-order valence-electron chi connectivity index (χ0n) is 16.1. The van der Waals surface area contributed by atoms with Gasteiger partial charge in [0.05, 0.1) is 46.0 Å². The van der Waals surface area contributed by atoms with E-state index in [1.165, 1.54) is 0 Å². The number of halogens is 1. The first kappa shape index (κ1) is 19.6. The summed E-state index contributed by atoms with van der Waals surface area (Å²) in [4.78, 5) is 4.12. The molecule has 4 aromatic rings. The molecule has 0 aliphatic heterocycles. The van der Waals surface area contributed by atoms with Gasteiger partial charge in [-0.3, -0.25) is 4.98 Å². The van der Waals surface area contributed by atoms with E-state index < -0.39 is 0 Å². The molecule has 6 nitrogen and oxygen atoms in total. The average molecular weight is 461 g/mol. The van der Waals surface area contributed by atoms with E-state index in [1.807, 2.05) is 66.7 Å². The number of hydrogen-bond acceptors (Lipinski definition) is 6. The second-order valence-corrected chi connectivity index (χ2v) is 7.61. The fourth-order valence-electron chi connectivity index (χ4n) is 2.98. The van der Waals surface area contributed by atoms with Gasteiger partial charge in [-0.05, 0) is 60.7 Å². The van der Waals surface area contributed by atoms with Crippen LogP contribution in [0.15, 0.2) is 89.7 Å². The van der Waals surface area contributed by atoms with Gasteiger partial charge in [-0.15, -0.1) is 0 Å². The molecule has 4 rings (SSSR count). The Morgan fingerprint density at radius 1 is 0.633 bits per heavy atom. The summed E-state index contributed by atoms with van der Waals surface area (Å²) in [6, 6.07) is 23.4. The molecule has 1 aromatic heterocycles. The molecule has 0 saturated heterocycles. The normalized spacial score (nSPS) is 10.4. The third-order valence-electron chi connectivity index (χ3n) is 4.48. The second-order valence-electron chi connectivity index (χ2n) is 6.70. The Labute approximate surface area is 183 Å². The standard InChI is InChI=1S/C23H21BrN6/c24-15-7-9-16(10-8-15)28-20-5-1-2-6-21(20)30-23-13-22(18(25)12-19(23)26)29-17-4-3-11-27-14-17/h1-14,28-30H,25-26H2. The van der Waals surface area contributed by atoms with E-state index in [0.29, 0.717) is 11.4 Å². The number of nitrogens with zero attached hydrogens (tertiary/aromatic N) is 1. The van der Waals surface area contributed by atoms with E-state index in [2.05, 4.69) is 36.9 Å². The van der Waals surface area contributed by atoms with E-state index >= 15 is 0 Å². The number of hydrogen-bond donors (Lipinski definition) is 5. The highest BCUT2D eigenvalue weighted by Crippen LogP contribution is 2.35. The molecule has 7 N–H and O–H groups in total. The van der Waals surface area contributed by atoms with Crippen molar-refractivity contribution >= 4 is 61.4 Å². The van der Waals surface area contributed by atoms with Crippen LogP contribution in [-0.2, 0) is 0 Å². The Bertz CT molecular complexity index is 1150. The van der Waals surface area contributed by atoms with Crippen LogP contribution in [0.5, 0.6) is 0 Å². The van der Waals surface area contributed by atoms with Gasteiger partial charge in [0.1, 0.15) is 0 Å². The lowest BCUT2D eigenvalue weighted by Gasteiger charge is -2.17. The number of rotatable bonds is 6. The number of benzene rings is 3. The van der Waals surface area contributed by atoms with Gasteiger partial charge in [0.25, 0.3) is 0 Å². The molecule has 0 amide bonds. The molecular formula is C23H21BrN6. The average Bonchev–Trinajstić information content (AvgIpc) is 2.75. The van der Waals surface area contributed by atoms with Gasteiger partial charge in [0.2, 0.25) is 0 Å². The monoisotopic (exact) mass is 460 g/mol. The lowest BCUT2D eigenvalue weighted by molar-refractivity contribution is 1.32. The van der Waals surface area contributed by atoms with Crippen LogP contribution >= 0.6 is 15.9 Å². The Morgan fingerprint density at radius 2 is 1.27 bits per heavy atom. The molecule has 0 aliphatic rings. The molecule has 0 aliphatic carbocycles. The molecule has 0 spiro atoms. The second kappa shape index (κ2) is 8.75. The van der Waals surface area contributed by atoms with Gasteiger partial charge in [-0.25, -0.2) is 0 Å². The van der Waals surface area contributed by atoms with Crippen molar-refractivity contribution in [1.29, 1.82) is 0 Å². The summed E-state index contributed by atoms with van der Waals surface area (Å²) in [5, 5.41) is 10.1. The summed E-state index contributed by atoms with van der Waals surface area (Å²) < 4.78 is 1.03. The van der Waals surface area contributed by atoms with Crippen LogP contribution in [0.4, 0.5) is 45.5 Å². The molecule has 0 fully saturated rings. The maximum atomic E-state index is 6.24. The van der Waals surface area contributed by atoms with Crippen molar-refractivity contribution in [3.05, 3.63) is 89.7 Å². The van der Waals surface area contributed by atoms with Crippen molar-refractivity contribution in [2.75, 3.05) is 27.4 Å². The van der Waals surface area contributed by atoms with Gasteiger partial charge in [-0.2, -0.15) is 0 Å². The summed E-state index contributed by atoms with van der Waals surface area (Å²) >= 11 is 3.46. The first-order chi connectivity index (χ1) is 14.6. The Morgan fingerprint density at radius 3 is 1.93 bits per heavy atom. The number of nitrogens with two attached hydrogens (primary N) is 2. The topological polar surface area (TPSA) is 101 Å². The molecular weight excluding hydrogens is 440 g/mol. The lowest BCUT2D eigenvalue weighted by atomic mass is 10.1. The predicted octanol–water partition coefficient (Wildman–Crippen LogP) is 6.24. The molecule has 150 valence electrons. The highest BCUT2D eigenvalue weighted by Gasteiger charge is 2.09. The summed E-state index contributed by atoms with van der Waals surface area (Å²) in [6.07, 6.45) is 3.46. The lowest BCUT2D eigenvalue weighted by Crippen LogP contribution is -2.03. The summed E-state index contributed by atoms with van der Waals surface area (Å²) in [5.41, 5.74) is 18.7. The van der Waals surface area contributed by atoms with Crippen molar-refractivity contribution in [2.45, 2.75) is 0 Å². The highest BCUT2D eigenvalue weighted by molar-refractivity contribution is 9.10. The Balaban J connectivity index is 1.61. The SMILES string of the molecule is Nc1cc(N)c(Nc2ccccc2Nc2ccc(Br)cc2)cc1Nc1cccnc1. The van der Waals surface area contributed by atoms with Crippen LogP contribution in [-0.4, -0.2) is 4.98 Å². The maximum absolute atomic E-state index is 6.24. The van der Waals surface area contributed by atoms with Crippen molar-refractivity contribution in [3.63, 3.8) is 0 Å². The fourth-order valence-corrected chi connectivity index (χ4v) is 3.24. The molecule has 3 aromatic carbocycles. The van der Waals surface area contributed by atoms with Crippen molar-refractivity contribution in [1.82, 2.24) is 4.98 Å². The number of nitrogen functional groups attached to an aromatic ring is 2. The first-order valence-electron chi connectivity index (χ1n) is 9.33. The van der Waals surface area contributed by atoms with Crippen LogP contribution < -0.4 is 27.4 Å². The summed E-state index contributed by atoms with van der Waals surface area (Å²) in [7, 11) is 0. The van der Waals surface area contributed by atoms with Gasteiger partial charge in [-0.1, -0.05) is 28.1 Å². The smallest absolute Gasteiger partial charge is 0.0640 e.